The number of aromatic hydroxyl groups is 1. The number of carbonyl (C=O) groups is 2. The van der Waals surface area contributed by atoms with Gasteiger partial charge in [-0.25, -0.2) is 9.59 Å². The van der Waals surface area contributed by atoms with Crippen molar-refractivity contribution in [3.05, 3.63) is 128 Å². The Kier molecular flexibility index (Phi) is 15.2. The first kappa shape index (κ1) is 40.2. The highest BCUT2D eigenvalue weighted by molar-refractivity contribution is 6.32. The fourth-order valence-electron chi connectivity index (χ4n) is 5.51. The molecular formula is C36H41Cl2N5O6. The molecule has 11 nitrogen and oxygen atoms in total. The normalized spacial score (nSPS) is 18.1. The van der Waals surface area contributed by atoms with E-state index in [0.29, 0.717) is 39.8 Å². The molecule has 0 bridgehead atoms. The predicted molar refractivity (Wildman–Crippen MR) is 190 cm³/mol. The number of esters is 1. The quantitative estimate of drug-likeness (QED) is 0.0608. The van der Waals surface area contributed by atoms with E-state index in [1.165, 1.54) is 7.11 Å². The maximum atomic E-state index is 11.6. The molecule has 260 valence electrons. The highest BCUT2D eigenvalue weighted by atomic mass is 35.5. The number of benzene rings is 4. The van der Waals surface area contributed by atoms with Gasteiger partial charge in [0.15, 0.2) is 0 Å². The number of carboxylic acids is 1. The smallest absolute Gasteiger partial charge is 0.337 e. The number of ether oxygens (including phenoxy) is 2. The largest absolute Gasteiger partial charge is 0.508 e. The van der Waals surface area contributed by atoms with Gasteiger partial charge in [0.05, 0.1) is 25.3 Å². The lowest BCUT2D eigenvalue weighted by Crippen LogP contribution is -2.01. The van der Waals surface area contributed by atoms with Crippen molar-refractivity contribution in [1.82, 2.24) is 0 Å². The van der Waals surface area contributed by atoms with E-state index in [1.54, 1.807) is 43.5 Å². The number of hydrogen-bond donors (Lipinski definition) is 4. The molecule has 4 atom stereocenters. The SMILES string of the molecule is C.C.COC(=O)c1cccc([C@H]2C[C@@H]2c2ccc(OC)cc2Cl)c1.N=N/N=N/N.O=C(O)c1cccc([C@H]2C[C@@H]2c2ccc(O)cc2Cl)c1. The third-order valence-corrected chi connectivity index (χ3v) is 8.62. The summed E-state index contributed by atoms with van der Waals surface area (Å²) < 4.78 is 9.95. The summed E-state index contributed by atoms with van der Waals surface area (Å²) in [7, 11) is 3.02. The molecule has 0 unspecified atom stereocenters. The monoisotopic (exact) mass is 709 g/mol. The molecule has 2 aliphatic rings. The summed E-state index contributed by atoms with van der Waals surface area (Å²) in [6, 6.07) is 25.5. The first-order valence-electron chi connectivity index (χ1n) is 14.4. The summed E-state index contributed by atoms with van der Waals surface area (Å²) in [5.74, 6) is 5.48. The van der Waals surface area contributed by atoms with E-state index in [2.05, 4.69) is 27.6 Å². The van der Waals surface area contributed by atoms with Crippen molar-refractivity contribution >= 4 is 35.1 Å². The van der Waals surface area contributed by atoms with Crippen LogP contribution in [0, 0.1) is 5.53 Å². The Hall–Kier alpha value is -5.00. The molecular weight excluding hydrogens is 669 g/mol. The second-order valence-electron chi connectivity index (χ2n) is 10.8. The number of nitrogens with two attached hydrogens (primary N) is 1. The van der Waals surface area contributed by atoms with Crippen LogP contribution < -0.4 is 10.6 Å². The van der Waals surface area contributed by atoms with E-state index in [-0.39, 0.29) is 26.6 Å². The summed E-state index contributed by atoms with van der Waals surface area (Å²) in [4.78, 5) is 22.6. The van der Waals surface area contributed by atoms with Gasteiger partial charge in [0.2, 0.25) is 0 Å². The predicted octanol–water partition coefficient (Wildman–Crippen LogP) is 9.95. The van der Waals surface area contributed by atoms with Crippen LogP contribution in [0.15, 0.2) is 101 Å². The summed E-state index contributed by atoms with van der Waals surface area (Å²) >= 11 is 12.5. The van der Waals surface area contributed by atoms with E-state index in [9.17, 15) is 14.7 Å². The molecule has 0 radical (unpaired) electrons. The molecule has 4 aromatic carbocycles. The standard InChI is InChI=1S/C18H17ClO3.C16H13ClO3.2CH4.H3N5/c1-21-13-6-7-14(17(19)9-13)16-10-15(16)11-4-3-5-12(8-11)18(20)22-2;17-15-7-11(18)4-5-12(15)14-8-13(14)9-2-1-3-10(6-9)16(19)20;;;1-3-5-4-2/h3-9,15-16H,10H2,1-2H3;1-7,13-14,18H,8H2,(H,19,20);2*1H4;(H3,1,2,5)/t15-,16-;13-,14-;;;/m11.../s1. The van der Waals surface area contributed by atoms with Crippen molar-refractivity contribution in [2.75, 3.05) is 14.2 Å². The fraction of sp³-hybridized carbons (Fsp3) is 0.278. The van der Waals surface area contributed by atoms with Crippen molar-refractivity contribution in [2.24, 2.45) is 21.5 Å². The third kappa shape index (κ3) is 10.5. The zero-order chi connectivity index (χ0) is 34.1. The molecule has 0 aliphatic heterocycles. The molecule has 6 rings (SSSR count). The van der Waals surface area contributed by atoms with Gasteiger partial charge in [0.1, 0.15) is 11.5 Å². The van der Waals surface area contributed by atoms with Gasteiger partial charge < -0.3 is 25.5 Å². The second-order valence-corrected chi connectivity index (χ2v) is 11.7. The van der Waals surface area contributed by atoms with Crippen LogP contribution in [0.5, 0.6) is 11.5 Å². The highest BCUT2D eigenvalue weighted by Crippen LogP contribution is 2.57. The van der Waals surface area contributed by atoms with E-state index in [4.69, 9.17) is 43.3 Å². The Bertz CT molecular complexity index is 1790. The molecule has 13 heteroatoms. The van der Waals surface area contributed by atoms with Gasteiger partial charge in [-0.05, 0) is 118 Å². The number of carbonyl (C=O) groups excluding carboxylic acids is 1. The van der Waals surface area contributed by atoms with Crippen molar-refractivity contribution in [3.63, 3.8) is 0 Å². The van der Waals surface area contributed by atoms with Gasteiger partial charge in [-0.15, -0.1) is 0 Å². The van der Waals surface area contributed by atoms with Crippen molar-refractivity contribution in [2.45, 2.75) is 51.4 Å². The minimum atomic E-state index is -0.910. The maximum Gasteiger partial charge on any atom is 0.337 e. The number of aromatic carboxylic acids is 1. The maximum absolute atomic E-state index is 11.6. The summed E-state index contributed by atoms with van der Waals surface area (Å²) in [5.41, 5.74) is 11.1. The van der Waals surface area contributed by atoms with Crippen molar-refractivity contribution in [3.8, 4) is 11.5 Å². The van der Waals surface area contributed by atoms with Gasteiger partial charge >= 0.3 is 11.9 Å². The number of carboxylic acid groups (broad SMARTS) is 1. The number of methoxy groups -OCH3 is 2. The Morgan fingerprint density at radius 1 is 0.796 bits per heavy atom. The van der Waals surface area contributed by atoms with Crippen LogP contribution in [0.25, 0.3) is 0 Å². The van der Waals surface area contributed by atoms with Gasteiger partial charge in [-0.1, -0.05) is 79.7 Å². The molecule has 4 aromatic rings. The van der Waals surface area contributed by atoms with Crippen LogP contribution in [0.4, 0.5) is 0 Å². The molecule has 49 heavy (non-hydrogen) atoms. The van der Waals surface area contributed by atoms with E-state index in [1.807, 2.05) is 42.5 Å². The zero-order valence-corrected chi connectivity index (χ0v) is 27.0. The summed E-state index contributed by atoms with van der Waals surface area (Å²) in [5, 5.41) is 27.4. The molecule has 0 amide bonds. The molecule has 0 saturated heterocycles. The summed E-state index contributed by atoms with van der Waals surface area (Å²) in [6.45, 7) is 0. The minimum Gasteiger partial charge on any atom is -0.508 e. The van der Waals surface area contributed by atoms with Crippen LogP contribution >= 0.6 is 23.2 Å². The lowest BCUT2D eigenvalue weighted by Gasteiger charge is -2.07. The lowest BCUT2D eigenvalue weighted by atomic mass is 10.0. The Balaban J connectivity index is 0.000000290. The fourth-order valence-corrected chi connectivity index (χ4v) is 6.13. The van der Waals surface area contributed by atoms with E-state index in [0.717, 1.165) is 45.9 Å². The van der Waals surface area contributed by atoms with Crippen LogP contribution in [0.2, 0.25) is 10.0 Å². The third-order valence-electron chi connectivity index (χ3n) is 7.97. The number of halogens is 2. The number of rotatable bonds is 8. The molecule has 0 heterocycles. The lowest BCUT2D eigenvalue weighted by molar-refractivity contribution is 0.0599. The van der Waals surface area contributed by atoms with E-state index < -0.39 is 5.97 Å². The van der Waals surface area contributed by atoms with Gasteiger partial charge in [0.25, 0.3) is 0 Å². The second kappa shape index (κ2) is 18.5. The topological polar surface area (TPSA) is 180 Å². The molecule has 0 spiro atoms. The van der Waals surface area contributed by atoms with Crippen LogP contribution in [0.3, 0.4) is 0 Å². The molecule has 2 saturated carbocycles. The minimum absolute atomic E-state index is 0. The van der Waals surface area contributed by atoms with Crippen LogP contribution in [0.1, 0.15) is 94.3 Å². The number of phenols is 1. The Morgan fingerprint density at radius 3 is 1.78 bits per heavy atom. The van der Waals surface area contributed by atoms with Gasteiger partial charge in [0, 0.05) is 10.0 Å². The molecule has 5 N–H and O–H groups in total. The van der Waals surface area contributed by atoms with Crippen LogP contribution in [-0.4, -0.2) is 36.4 Å². The van der Waals surface area contributed by atoms with Gasteiger partial charge in [-0.2, -0.15) is 5.53 Å². The number of hydrogen-bond acceptors (Lipinski definition) is 7. The van der Waals surface area contributed by atoms with Crippen LogP contribution in [-0.2, 0) is 4.74 Å². The average Bonchev–Trinajstić information content (AvgIpc) is 4.01. The Morgan fingerprint density at radius 2 is 1.33 bits per heavy atom. The van der Waals surface area contributed by atoms with Crippen molar-refractivity contribution < 1.29 is 29.3 Å². The molecule has 2 fully saturated rings. The average molecular weight is 711 g/mol. The first-order chi connectivity index (χ1) is 22.6. The van der Waals surface area contributed by atoms with Crippen molar-refractivity contribution in [1.29, 1.82) is 5.53 Å². The number of nitrogens with zero attached hydrogens (tertiary/aromatic N) is 3. The zero-order valence-electron chi connectivity index (χ0n) is 25.5. The number of nitrogens with one attached hydrogen (secondary N) is 1. The molecule has 0 aromatic heterocycles. The van der Waals surface area contributed by atoms with Gasteiger partial charge in [-0.3, -0.25) is 0 Å². The number of phenolic OH excluding ortho intramolecular Hbond substituents is 1. The summed E-state index contributed by atoms with van der Waals surface area (Å²) in [6.07, 6.45) is 1.99. The van der Waals surface area contributed by atoms with E-state index >= 15 is 0 Å². The first-order valence-corrected chi connectivity index (χ1v) is 15.2. The Labute approximate surface area is 296 Å². The highest BCUT2D eigenvalue weighted by Gasteiger charge is 2.41. The molecule has 2 aliphatic carbocycles.